The second-order valence-electron chi connectivity index (χ2n) is 10.4. The van der Waals surface area contributed by atoms with Crippen LogP contribution in [0.2, 0.25) is 0 Å². The van der Waals surface area contributed by atoms with Crippen LogP contribution in [-0.4, -0.2) is 45.8 Å². The highest BCUT2D eigenvalue weighted by atomic mass is 16.7. The number of aromatic nitrogens is 1. The van der Waals surface area contributed by atoms with Crippen molar-refractivity contribution in [1.29, 1.82) is 0 Å². The number of carbonyl (C=O) groups excluding carboxylic acids is 2. The molecule has 38 heavy (non-hydrogen) atoms. The van der Waals surface area contributed by atoms with Crippen LogP contribution in [-0.2, 0) is 27.5 Å². The van der Waals surface area contributed by atoms with Gasteiger partial charge in [0.15, 0.2) is 5.76 Å². The number of carbonyl (C=O) groups is 2. The summed E-state index contributed by atoms with van der Waals surface area (Å²) >= 11 is 0. The lowest BCUT2D eigenvalue weighted by atomic mass is 9.91. The molecule has 0 bridgehead atoms. The van der Waals surface area contributed by atoms with Gasteiger partial charge in [-0.1, -0.05) is 61.7 Å². The maximum absolute atomic E-state index is 13.6. The lowest BCUT2D eigenvalue weighted by Crippen LogP contribution is -2.41. The van der Waals surface area contributed by atoms with Crippen molar-refractivity contribution in [3.05, 3.63) is 83.3 Å². The number of benzene rings is 2. The average molecular weight is 517 g/mol. The Labute approximate surface area is 223 Å². The summed E-state index contributed by atoms with van der Waals surface area (Å²) in [5, 5.41) is 10.3. The second-order valence-corrected chi connectivity index (χ2v) is 10.4. The number of likely N-dealkylation sites (N-methyl/N-ethyl adjacent to an activating group) is 1. The maximum atomic E-state index is 13.6. The van der Waals surface area contributed by atoms with Gasteiger partial charge in [-0.05, 0) is 41.7 Å². The van der Waals surface area contributed by atoms with Gasteiger partial charge in [-0.3, -0.25) is 14.2 Å². The van der Waals surface area contributed by atoms with Crippen molar-refractivity contribution in [1.82, 2.24) is 9.47 Å². The van der Waals surface area contributed by atoms with E-state index in [-0.39, 0.29) is 30.4 Å². The summed E-state index contributed by atoms with van der Waals surface area (Å²) in [6.45, 7) is 1.86. The molecule has 1 aliphatic heterocycles. The molecular formula is C31H36N2O5. The van der Waals surface area contributed by atoms with Crippen molar-refractivity contribution in [2.45, 2.75) is 76.9 Å². The van der Waals surface area contributed by atoms with E-state index >= 15 is 0 Å². The van der Waals surface area contributed by atoms with E-state index < -0.39 is 6.29 Å². The van der Waals surface area contributed by atoms with E-state index in [1.54, 1.807) is 11.5 Å². The first-order valence-corrected chi connectivity index (χ1v) is 13.5. The predicted molar refractivity (Wildman–Crippen MR) is 145 cm³/mol. The SMILES string of the molecule is CC(=O)n1cc([C@H]2C=C(C(=O)N(C)C3CCCCC3)O[C@@H](OCc3ccc(CO)cc3)C2)c2ccccc21. The van der Waals surface area contributed by atoms with Crippen molar-refractivity contribution < 1.29 is 24.2 Å². The fraction of sp³-hybridized carbons (Fsp3) is 0.419. The highest BCUT2D eigenvalue weighted by Gasteiger charge is 2.33. The molecule has 0 radical (unpaired) electrons. The molecule has 1 aliphatic carbocycles. The van der Waals surface area contributed by atoms with Gasteiger partial charge in [0.05, 0.1) is 18.7 Å². The van der Waals surface area contributed by atoms with Gasteiger partial charge in [0.25, 0.3) is 5.91 Å². The third kappa shape index (κ3) is 5.54. The number of ether oxygens (including phenoxy) is 2. The highest BCUT2D eigenvalue weighted by Crippen LogP contribution is 2.37. The number of aliphatic hydroxyl groups is 1. The van der Waals surface area contributed by atoms with Gasteiger partial charge in [0, 0.05) is 43.9 Å². The molecule has 2 aliphatic rings. The quantitative estimate of drug-likeness (QED) is 0.448. The average Bonchev–Trinajstić information content (AvgIpc) is 3.36. The van der Waals surface area contributed by atoms with Gasteiger partial charge in [-0.15, -0.1) is 0 Å². The van der Waals surface area contributed by atoms with Crippen LogP contribution in [0.5, 0.6) is 0 Å². The first kappa shape index (κ1) is 26.2. The van der Waals surface area contributed by atoms with E-state index in [1.165, 1.54) is 6.42 Å². The van der Waals surface area contributed by atoms with E-state index in [4.69, 9.17) is 9.47 Å². The fourth-order valence-corrected chi connectivity index (χ4v) is 5.63. The Morgan fingerprint density at radius 2 is 1.76 bits per heavy atom. The van der Waals surface area contributed by atoms with Crippen LogP contribution in [0.4, 0.5) is 0 Å². The smallest absolute Gasteiger partial charge is 0.288 e. The van der Waals surface area contributed by atoms with Crippen LogP contribution in [0.1, 0.15) is 72.9 Å². The lowest BCUT2D eigenvalue weighted by molar-refractivity contribution is -0.156. The van der Waals surface area contributed by atoms with Crippen molar-refractivity contribution in [2.75, 3.05) is 7.05 Å². The zero-order chi connectivity index (χ0) is 26.6. The van der Waals surface area contributed by atoms with Crippen LogP contribution in [0, 0.1) is 0 Å². The summed E-state index contributed by atoms with van der Waals surface area (Å²) in [5.74, 6) is -0.0434. The zero-order valence-corrected chi connectivity index (χ0v) is 22.1. The number of hydrogen-bond donors (Lipinski definition) is 1. The lowest BCUT2D eigenvalue weighted by Gasteiger charge is -2.34. The molecule has 3 aromatic rings. The summed E-state index contributed by atoms with van der Waals surface area (Å²) in [5.41, 5.74) is 3.62. The number of hydrogen-bond acceptors (Lipinski definition) is 5. The van der Waals surface area contributed by atoms with Crippen molar-refractivity contribution in [3.63, 3.8) is 0 Å². The third-order valence-corrected chi connectivity index (χ3v) is 7.83. The van der Waals surface area contributed by atoms with Crippen molar-refractivity contribution in [2.24, 2.45) is 0 Å². The van der Waals surface area contributed by atoms with E-state index in [0.29, 0.717) is 18.8 Å². The van der Waals surface area contributed by atoms with Crippen molar-refractivity contribution >= 4 is 22.7 Å². The molecule has 0 saturated heterocycles. The number of allylic oxidation sites excluding steroid dienone is 1. The summed E-state index contributed by atoms with van der Waals surface area (Å²) in [7, 11) is 1.87. The number of fused-ring (bicyclic) bond motifs is 1. The Morgan fingerprint density at radius 1 is 1.05 bits per heavy atom. The number of nitrogens with zero attached hydrogens (tertiary/aromatic N) is 2. The second kappa shape index (κ2) is 11.5. The minimum atomic E-state index is -0.624. The number of aliphatic hydroxyl groups excluding tert-OH is 1. The van der Waals surface area contributed by atoms with Gasteiger partial charge in [-0.2, -0.15) is 0 Å². The van der Waals surface area contributed by atoms with E-state index in [2.05, 4.69) is 0 Å². The van der Waals surface area contributed by atoms with Crippen LogP contribution in [0.3, 0.4) is 0 Å². The fourth-order valence-electron chi connectivity index (χ4n) is 5.63. The van der Waals surface area contributed by atoms with Gasteiger partial charge in [0.1, 0.15) is 0 Å². The standard InChI is InChI=1S/C31H36N2O5/c1-21(35)33-18-27(26-10-6-7-11-28(26)33)24-16-29(31(36)32(2)25-8-4-3-5-9-25)38-30(17-24)37-20-23-14-12-22(19-34)13-15-23/h6-7,10-16,18,24-25,30,34H,3-5,8-9,17,19-20H2,1-2H3/t24-,30+/m0/s1. The molecule has 7 nitrogen and oxygen atoms in total. The molecule has 200 valence electrons. The summed E-state index contributed by atoms with van der Waals surface area (Å²) in [6, 6.07) is 15.6. The normalized spacial score (nSPS) is 20.1. The molecule has 2 atom stereocenters. The zero-order valence-electron chi connectivity index (χ0n) is 22.1. The Kier molecular flexibility index (Phi) is 7.95. The van der Waals surface area contributed by atoms with E-state index in [9.17, 15) is 14.7 Å². The molecule has 1 aromatic heterocycles. The van der Waals surface area contributed by atoms with Gasteiger partial charge in [0.2, 0.25) is 12.2 Å². The maximum Gasteiger partial charge on any atom is 0.288 e. The largest absolute Gasteiger partial charge is 0.459 e. The Hall–Kier alpha value is -3.42. The Balaban J connectivity index is 1.44. The molecular weight excluding hydrogens is 480 g/mol. The Morgan fingerprint density at radius 3 is 2.47 bits per heavy atom. The number of amides is 1. The minimum Gasteiger partial charge on any atom is -0.459 e. The summed E-state index contributed by atoms with van der Waals surface area (Å²) in [6.07, 6.45) is 9.19. The topological polar surface area (TPSA) is 81.0 Å². The molecule has 0 spiro atoms. The van der Waals surface area contributed by atoms with Crippen LogP contribution >= 0.6 is 0 Å². The van der Waals surface area contributed by atoms with Gasteiger partial charge >= 0.3 is 0 Å². The first-order valence-electron chi connectivity index (χ1n) is 13.5. The molecule has 1 N–H and O–H groups in total. The van der Waals surface area contributed by atoms with Crippen molar-refractivity contribution in [3.8, 4) is 0 Å². The molecule has 5 rings (SSSR count). The third-order valence-electron chi connectivity index (χ3n) is 7.83. The number of rotatable bonds is 7. The molecule has 1 saturated carbocycles. The predicted octanol–water partition coefficient (Wildman–Crippen LogP) is 5.52. The molecule has 2 heterocycles. The molecule has 1 fully saturated rings. The van der Waals surface area contributed by atoms with Gasteiger partial charge in [-0.25, -0.2) is 0 Å². The van der Waals surface area contributed by atoms with Gasteiger partial charge < -0.3 is 19.5 Å². The summed E-state index contributed by atoms with van der Waals surface area (Å²) in [4.78, 5) is 27.8. The first-order chi connectivity index (χ1) is 18.4. The minimum absolute atomic E-state index is 0.00675. The van der Waals surface area contributed by atoms with Crippen LogP contribution in [0.25, 0.3) is 10.9 Å². The molecule has 2 aromatic carbocycles. The van der Waals surface area contributed by atoms with Crippen LogP contribution in [0.15, 0.2) is 66.6 Å². The van der Waals surface area contributed by atoms with E-state index in [1.807, 2.05) is 72.8 Å². The Bertz CT molecular complexity index is 1320. The van der Waals surface area contributed by atoms with Crippen LogP contribution < -0.4 is 0 Å². The molecule has 7 heteroatoms. The highest BCUT2D eigenvalue weighted by molar-refractivity contribution is 5.95. The molecule has 1 amide bonds. The summed E-state index contributed by atoms with van der Waals surface area (Å²) < 4.78 is 14.0. The monoisotopic (exact) mass is 516 g/mol. The number of para-hydroxylation sites is 1. The van der Waals surface area contributed by atoms with E-state index in [0.717, 1.165) is 53.3 Å². The molecule has 0 unspecified atom stereocenters.